The number of urea groups is 1. The molecule has 2 saturated heterocycles. The molecule has 2 heterocycles. The summed E-state index contributed by atoms with van der Waals surface area (Å²) >= 11 is 0. The van der Waals surface area contributed by atoms with Gasteiger partial charge in [-0.1, -0.05) is 12.1 Å². The number of nitrogens with one attached hydrogen (secondary N) is 2. The Labute approximate surface area is 173 Å². The Balaban J connectivity index is 1.59. The Hall–Kier alpha value is -2.29. The Morgan fingerprint density at radius 3 is 2.55 bits per heavy atom. The molecule has 0 aromatic heterocycles. The summed E-state index contributed by atoms with van der Waals surface area (Å²) in [6.45, 7) is 6.50. The molecule has 2 fully saturated rings. The number of benzene rings is 1. The lowest BCUT2D eigenvalue weighted by Crippen LogP contribution is -2.57. The van der Waals surface area contributed by atoms with Gasteiger partial charge in [0.15, 0.2) is 15.8 Å². The molecule has 3 rings (SSSR count). The summed E-state index contributed by atoms with van der Waals surface area (Å²) < 4.78 is 23.7. The minimum Gasteiger partial charge on any atom is -0.352 e. The van der Waals surface area contributed by atoms with Crippen LogP contribution in [0.15, 0.2) is 29.3 Å². The Kier molecular flexibility index (Phi) is 6.36. The predicted octanol–water partition coefficient (Wildman–Crippen LogP) is 1.90. The fourth-order valence-electron chi connectivity index (χ4n) is 3.72. The van der Waals surface area contributed by atoms with Crippen molar-refractivity contribution in [3.8, 4) is 0 Å². The highest BCUT2D eigenvalue weighted by Crippen LogP contribution is 2.23. The third-order valence-corrected chi connectivity index (χ3v) is 8.11. The quantitative estimate of drug-likeness (QED) is 0.574. The number of nitrogens with zero attached hydrogens (tertiary/aromatic N) is 3. The third-order valence-electron chi connectivity index (χ3n) is 5.58. The summed E-state index contributed by atoms with van der Waals surface area (Å²) in [5.74, 6) is 0.804. The van der Waals surface area contributed by atoms with E-state index in [4.69, 9.17) is 0 Å². The maximum atomic E-state index is 12.3. The van der Waals surface area contributed by atoms with Crippen molar-refractivity contribution in [1.29, 1.82) is 0 Å². The van der Waals surface area contributed by atoms with Gasteiger partial charge in [0, 0.05) is 45.5 Å². The maximum absolute atomic E-state index is 12.3. The molecule has 8 nitrogen and oxygen atoms in total. The molecule has 0 radical (unpaired) electrons. The summed E-state index contributed by atoms with van der Waals surface area (Å²) in [5.41, 5.74) is 1.77. The van der Waals surface area contributed by atoms with Crippen molar-refractivity contribution in [3.05, 3.63) is 29.8 Å². The lowest BCUT2D eigenvalue weighted by atomic mass is 10.2. The monoisotopic (exact) mass is 421 g/mol. The number of guanidine groups is 1. The first-order valence-electron chi connectivity index (χ1n) is 10.0. The zero-order valence-corrected chi connectivity index (χ0v) is 18.3. The molecule has 0 saturated carbocycles. The normalized spacial score (nSPS) is 21.1. The molecule has 0 bridgehead atoms. The average Bonchev–Trinajstić information content (AvgIpc) is 3.20. The van der Waals surface area contributed by atoms with Crippen molar-refractivity contribution < 1.29 is 13.2 Å². The largest absolute Gasteiger partial charge is 0.352 e. The van der Waals surface area contributed by atoms with Gasteiger partial charge in [0.25, 0.3) is 0 Å². The summed E-state index contributed by atoms with van der Waals surface area (Å²) in [4.78, 5) is 20.4. The number of likely N-dealkylation sites (tertiary alicyclic amines) is 1. The van der Waals surface area contributed by atoms with Crippen LogP contribution in [0.4, 0.5) is 10.5 Å². The highest BCUT2D eigenvalue weighted by Gasteiger charge is 2.40. The van der Waals surface area contributed by atoms with Gasteiger partial charge in [0.05, 0.1) is 10.5 Å². The zero-order valence-electron chi connectivity index (χ0n) is 17.4. The van der Waals surface area contributed by atoms with Crippen molar-refractivity contribution in [2.45, 2.75) is 38.0 Å². The van der Waals surface area contributed by atoms with Gasteiger partial charge < -0.3 is 20.4 Å². The summed E-state index contributed by atoms with van der Waals surface area (Å²) in [7, 11) is -1.40. The molecule has 0 unspecified atom stereocenters. The topological polar surface area (TPSA) is 94.1 Å². The molecule has 160 valence electrons. The number of rotatable bonds is 3. The van der Waals surface area contributed by atoms with Crippen LogP contribution in [-0.2, 0) is 16.4 Å². The first kappa shape index (κ1) is 21.4. The van der Waals surface area contributed by atoms with E-state index >= 15 is 0 Å². The van der Waals surface area contributed by atoms with E-state index in [9.17, 15) is 13.2 Å². The molecule has 9 heteroatoms. The second-order valence-electron chi connectivity index (χ2n) is 8.23. The molecule has 2 amide bonds. The Morgan fingerprint density at radius 2 is 1.90 bits per heavy atom. The second kappa shape index (κ2) is 8.61. The zero-order chi connectivity index (χ0) is 21.1. The van der Waals surface area contributed by atoms with E-state index in [1.54, 1.807) is 20.9 Å². The smallest absolute Gasteiger partial charge is 0.321 e. The molecule has 29 heavy (non-hydrogen) atoms. The molecule has 2 aliphatic rings. The maximum Gasteiger partial charge on any atom is 0.321 e. The molecule has 0 spiro atoms. The van der Waals surface area contributed by atoms with Gasteiger partial charge in [0.1, 0.15) is 0 Å². The van der Waals surface area contributed by atoms with Crippen LogP contribution < -0.4 is 10.6 Å². The van der Waals surface area contributed by atoms with Crippen LogP contribution in [0.3, 0.4) is 0 Å². The van der Waals surface area contributed by atoms with Gasteiger partial charge in [0.2, 0.25) is 0 Å². The first-order valence-corrected chi connectivity index (χ1v) is 11.7. The number of carbonyl (C=O) groups excluding carboxylic acids is 1. The van der Waals surface area contributed by atoms with Crippen molar-refractivity contribution >= 4 is 27.5 Å². The van der Waals surface area contributed by atoms with Crippen LogP contribution in [0.2, 0.25) is 0 Å². The minimum absolute atomic E-state index is 0.0554. The lowest BCUT2D eigenvalue weighted by molar-refractivity contribution is 0.222. The molecule has 1 aromatic rings. The van der Waals surface area contributed by atoms with E-state index in [0.717, 1.165) is 37.2 Å². The number of hydrogen-bond acceptors (Lipinski definition) is 4. The molecular weight excluding hydrogens is 390 g/mol. The molecule has 2 aliphatic heterocycles. The van der Waals surface area contributed by atoms with Gasteiger partial charge in [-0.05, 0) is 44.4 Å². The van der Waals surface area contributed by atoms with Gasteiger partial charge in [-0.15, -0.1) is 0 Å². The summed E-state index contributed by atoms with van der Waals surface area (Å²) in [6.07, 6.45) is 2.12. The van der Waals surface area contributed by atoms with Gasteiger partial charge in [-0.3, -0.25) is 4.99 Å². The van der Waals surface area contributed by atoms with Crippen LogP contribution >= 0.6 is 0 Å². The van der Waals surface area contributed by atoms with Crippen LogP contribution in [0.25, 0.3) is 0 Å². The summed E-state index contributed by atoms with van der Waals surface area (Å²) in [6, 6.07) is 7.66. The van der Waals surface area contributed by atoms with Crippen molar-refractivity contribution in [2.75, 3.05) is 44.3 Å². The molecular formula is C20H31N5O3S. The number of carbonyl (C=O) groups is 1. The van der Waals surface area contributed by atoms with Crippen LogP contribution in [0.5, 0.6) is 0 Å². The number of anilines is 1. The Bertz CT molecular complexity index is 876. The highest BCUT2D eigenvalue weighted by atomic mass is 32.2. The summed E-state index contributed by atoms with van der Waals surface area (Å²) in [5, 5.41) is 6.28. The van der Waals surface area contributed by atoms with Crippen molar-refractivity contribution in [2.24, 2.45) is 4.99 Å². The van der Waals surface area contributed by atoms with E-state index in [2.05, 4.69) is 15.6 Å². The van der Waals surface area contributed by atoms with E-state index in [1.165, 1.54) is 0 Å². The fourth-order valence-corrected chi connectivity index (χ4v) is 5.09. The van der Waals surface area contributed by atoms with Gasteiger partial charge in [-0.25, -0.2) is 13.2 Å². The Morgan fingerprint density at radius 1 is 1.17 bits per heavy atom. The lowest BCUT2D eigenvalue weighted by Gasteiger charge is -2.39. The van der Waals surface area contributed by atoms with Crippen LogP contribution in [-0.4, -0.2) is 73.9 Å². The molecule has 0 aliphatic carbocycles. The van der Waals surface area contributed by atoms with Crippen LogP contribution in [0.1, 0.15) is 32.3 Å². The predicted molar refractivity (Wildman–Crippen MR) is 116 cm³/mol. The number of hydrogen-bond donors (Lipinski definition) is 2. The van der Waals surface area contributed by atoms with Crippen LogP contribution in [0, 0.1) is 0 Å². The standard InChI is InChI=1S/C20H31N5O3S/c1-20(2)15-25(11-12-29(20,27)28)18(21-3)22-14-16-7-6-8-17(13-16)23-19(26)24-9-4-5-10-24/h6-8,13H,4-5,9-12,14-15H2,1-3H3,(H,21,22)(H,23,26). The highest BCUT2D eigenvalue weighted by molar-refractivity contribution is 7.92. The average molecular weight is 422 g/mol. The first-order chi connectivity index (χ1) is 13.7. The van der Waals surface area contributed by atoms with E-state index in [-0.39, 0.29) is 11.8 Å². The fraction of sp³-hybridized carbons (Fsp3) is 0.600. The van der Waals surface area contributed by atoms with Gasteiger partial charge in [-0.2, -0.15) is 0 Å². The second-order valence-corrected chi connectivity index (χ2v) is 11.0. The SMILES string of the molecule is CN=C(NCc1cccc(NC(=O)N2CCCC2)c1)N1CCS(=O)(=O)C(C)(C)C1. The molecule has 1 aromatic carbocycles. The van der Waals surface area contributed by atoms with E-state index < -0.39 is 14.6 Å². The minimum atomic E-state index is -3.10. The number of sulfone groups is 1. The van der Waals surface area contributed by atoms with Crippen molar-refractivity contribution in [3.63, 3.8) is 0 Å². The van der Waals surface area contributed by atoms with Gasteiger partial charge >= 0.3 is 6.03 Å². The third kappa shape index (κ3) is 5.01. The number of aliphatic imine (C=N–C) groups is 1. The van der Waals surface area contributed by atoms with E-state index in [0.29, 0.717) is 25.6 Å². The van der Waals surface area contributed by atoms with E-state index in [1.807, 2.05) is 34.1 Å². The molecule has 0 atom stereocenters. The molecule has 2 N–H and O–H groups in total. The van der Waals surface area contributed by atoms with Crippen molar-refractivity contribution in [1.82, 2.24) is 15.1 Å². The number of amides is 2.